The number of para-hydroxylation sites is 2. The molecule has 0 aliphatic carbocycles. The lowest BCUT2D eigenvalue weighted by atomic mass is 10.1. The molecule has 0 spiro atoms. The SMILES string of the molecule is CCCCCCCCCCOCn1c(CCC)[n+](C)c2ccccc21. The van der Waals surface area contributed by atoms with E-state index in [1.165, 1.54) is 68.2 Å². The maximum atomic E-state index is 6.02. The van der Waals surface area contributed by atoms with Gasteiger partial charge in [-0.2, -0.15) is 0 Å². The summed E-state index contributed by atoms with van der Waals surface area (Å²) in [5, 5.41) is 0. The predicted molar refractivity (Wildman–Crippen MR) is 106 cm³/mol. The summed E-state index contributed by atoms with van der Waals surface area (Å²) in [6, 6.07) is 8.63. The Balaban J connectivity index is 1.76. The zero-order valence-electron chi connectivity index (χ0n) is 16.6. The number of nitrogens with zero attached hydrogens (tertiary/aromatic N) is 2. The van der Waals surface area contributed by atoms with Crippen LogP contribution in [0.1, 0.15) is 77.5 Å². The van der Waals surface area contributed by atoms with E-state index in [-0.39, 0.29) is 0 Å². The lowest BCUT2D eigenvalue weighted by Crippen LogP contribution is -2.33. The number of aryl methyl sites for hydroxylation is 1. The molecule has 1 aromatic carbocycles. The number of ether oxygens (including phenoxy) is 1. The van der Waals surface area contributed by atoms with Crippen molar-refractivity contribution in [1.29, 1.82) is 0 Å². The summed E-state index contributed by atoms with van der Waals surface area (Å²) in [7, 11) is 2.17. The molecule has 140 valence electrons. The second kappa shape index (κ2) is 11.3. The zero-order valence-corrected chi connectivity index (χ0v) is 16.6. The minimum Gasteiger partial charge on any atom is -0.342 e. The van der Waals surface area contributed by atoms with E-state index in [2.05, 4.69) is 54.3 Å². The highest BCUT2D eigenvalue weighted by atomic mass is 16.5. The van der Waals surface area contributed by atoms with Crippen molar-refractivity contribution in [3.8, 4) is 0 Å². The maximum Gasteiger partial charge on any atom is 0.259 e. The lowest BCUT2D eigenvalue weighted by Gasteiger charge is -2.05. The summed E-state index contributed by atoms with van der Waals surface area (Å²) >= 11 is 0. The van der Waals surface area contributed by atoms with Gasteiger partial charge in [-0.3, -0.25) is 0 Å². The minimum atomic E-state index is 0.674. The summed E-state index contributed by atoms with van der Waals surface area (Å²) in [5.41, 5.74) is 2.58. The van der Waals surface area contributed by atoms with E-state index in [0.29, 0.717) is 6.73 Å². The molecule has 0 aliphatic heterocycles. The summed E-state index contributed by atoms with van der Waals surface area (Å²) < 4.78 is 10.7. The van der Waals surface area contributed by atoms with Gasteiger partial charge in [0.15, 0.2) is 17.8 Å². The van der Waals surface area contributed by atoms with Gasteiger partial charge in [-0.15, -0.1) is 0 Å². The van der Waals surface area contributed by atoms with Gasteiger partial charge >= 0.3 is 0 Å². The van der Waals surface area contributed by atoms with Crippen LogP contribution in [0, 0.1) is 0 Å². The van der Waals surface area contributed by atoms with Crippen LogP contribution in [-0.2, 0) is 24.9 Å². The number of benzene rings is 1. The van der Waals surface area contributed by atoms with Crippen LogP contribution in [0.2, 0.25) is 0 Å². The third-order valence-corrected chi connectivity index (χ3v) is 5.07. The monoisotopic (exact) mass is 345 g/mol. The quantitative estimate of drug-likeness (QED) is 0.345. The average molecular weight is 346 g/mol. The highest BCUT2D eigenvalue weighted by Gasteiger charge is 2.21. The molecule has 0 fully saturated rings. The fourth-order valence-electron chi connectivity index (χ4n) is 3.60. The Morgan fingerprint density at radius 1 is 0.880 bits per heavy atom. The number of hydrogen-bond donors (Lipinski definition) is 0. The number of imidazole rings is 1. The van der Waals surface area contributed by atoms with Crippen molar-refractivity contribution < 1.29 is 9.30 Å². The minimum absolute atomic E-state index is 0.674. The first-order chi connectivity index (χ1) is 12.3. The molecule has 2 rings (SSSR count). The molecule has 0 bridgehead atoms. The Bertz CT molecular complexity index is 618. The largest absolute Gasteiger partial charge is 0.342 e. The second-order valence-corrected chi connectivity index (χ2v) is 7.15. The highest BCUT2D eigenvalue weighted by Crippen LogP contribution is 2.15. The third kappa shape index (κ3) is 5.85. The van der Waals surface area contributed by atoms with Gasteiger partial charge in [0.25, 0.3) is 5.82 Å². The first-order valence-electron chi connectivity index (χ1n) is 10.3. The van der Waals surface area contributed by atoms with Crippen LogP contribution in [0.4, 0.5) is 0 Å². The second-order valence-electron chi connectivity index (χ2n) is 7.15. The van der Waals surface area contributed by atoms with E-state index in [4.69, 9.17) is 4.74 Å². The van der Waals surface area contributed by atoms with Gasteiger partial charge in [0.05, 0.1) is 13.7 Å². The van der Waals surface area contributed by atoms with Crippen LogP contribution in [0.3, 0.4) is 0 Å². The van der Waals surface area contributed by atoms with E-state index < -0.39 is 0 Å². The molecule has 25 heavy (non-hydrogen) atoms. The number of unbranched alkanes of at least 4 members (excludes halogenated alkanes) is 7. The maximum absolute atomic E-state index is 6.02. The topological polar surface area (TPSA) is 18.0 Å². The molecule has 1 aromatic heterocycles. The number of fused-ring (bicyclic) bond motifs is 1. The third-order valence-electron chi connectivity index (χ3n) is 5.07. The molecule has 2 aromatic rings. The summed E-state index contributed by atoms with van der Waals surface area (Å²) in [5.74, 6) is 1.36. The van der Waals surface area contributed by atoms with E-state index in [1.807, 2.05) is 0 Å². The smallest absolute Gasteiger partial charge is 0.259 e. The summed E-state index contributed by atoms with van der Waals surface area (Å²) in [6.45, 7) is 6.06. The van der Waals surface area contributed by atoms with E-state index in [0.717, 1.165) is 19.4 Å². The normalized spacial score (nSPS) is 11.5. The standard InChI is InChI=1S/C22H37N2O/c1-4-6-7-8-9-10-11-14-18-25-19-24-21-17-13-12-16-20(21)23(3)22(24)15-5-2/h12-13,16-17H,4-11,14-15,18-19H2,1-3H3/q+1. The van der Waals surface area contributed by atoms with Gasteiger partial charge < -0.3 is 4.74 Å². The number of rotatable bonds is 13. The molecule has 0 unspecified atom stereocenters. The molecule has 3 nitrogen and oxygen atoms in total. The Kier molecular flexibility index (Phi) is 9.03. The molecule has 0 saturated heterocycles. The number of aromatic nitrogens is 2. The van der Waals surface area contributed by atoms with Gasteiger partial charge in [-0.25, -0.2) is 9.13 Å². The molecule has 0 saturated carbocycles. The molecule has 1 heterocycles. The van der Waals surface area contributed by atoms with Gasteiger partial charge in [-0.05, 0) is 25.0 Å². The van der Waals surface area contributed by atoms with Crippen LogP contribution in [0.25, 0.3) is 11.0 Å². The molecule has 3 heteroatoms. The molecule has 0 radical (unpaired) electrons. The highest BCUT2D eigenvalue weighted by molar-refractivity contribution is 5.72. The van der Waals surface area contributed by atoms with Crippen molar-refractivity contribution in [3.63, 3.8) is 0 Å². The summed E-state index contributed by atoms with van der Waals surface area (Å²) in [4.78, 5) is 0. The van der Waals surface area contributed by atoms with Crippen molar-refractivity contribution in [1.82, 2.24) is 4.57 Å². The van der Waals surface area contributed by atoms with E-state index in [9.17, 15) is 0 Å². The van der Waals surface area contributed by atoms with Crippen molar-refractivity contribution in [3.05, 3.63) is 30.1 Å². The van der Waals surface area contributed by atoms with Gasteiger partial charge in [0.2, 0.25) is 0 Å². The Labute approximate surface area is 154 Å². The molecular weight excluding hydrogens is 308 g/mol. The zero-order chi connectivity index (χ0) is 17.9. The van der Waals surface area contributed by atoms with Crippen LogP contribution >= 0.6 is 0 Å². The van der Waals surface area contributed by atoms with Crippen molar-refractivity contribution in [2.24, 2.45) is 7.05 Å². The summed E-state index contributed by atoms with van der Waals surface area (Å²) in [6.07, 6.45) is 13.0. The van der Waals surface area contributed by atoms with Crippen LogP contribution < -0.4 is 4.57 Å². The van der Waals surface area contributed by atoms with E-state index in [1.54, 1.807) is 0 Å². The van der Waals surface area contributed by atoms with E-state index >= 15 is 0 Å². The Morgan fingerprint density at radius 2 is 1.56 bits per heavy atom. The molecule has 0 atom stereocenters. The van der Waals surface area contributed by atoms with Crippen LogP contribution in [0.5, 0.6) is 0 Å². The van der Waals surface area contributed by atoms with Gasteiger partial charge in [0, 0.05) is 6.42 Å². The van der Waals surface area contributed by atoms with Crippen LogP contribution in [0.15, 0.2) is 24.3 Å². The Hall–Kier alpha value is -1.35. The van der Waals surface area contributed by atoms with Crippen molar-refractivity contribution in [2.75, 3.05) is 6.61 Å². The Morgan fingerprint density at radius 3 is 2.28 bits per heavy atom. The first kappa shape index (κ1) is 20.0. The first-order valence-corrected chi connectivity index (χ1v) is 10.3. The van der Waals surface area contributed by atoms with Crippen molar-refractivity contribution >= 4 is 11.0 Å². The fraction of sp³-hybridized carbons (Fsp3) is 0.682. The lowest BCUT2D eigenvalue weighted by molar-refractivity contribution is -0.654. The number of hydrogen-bond acceptors (Lipinski definition) is 1. The fourth-order valence-corrected chi connectivity index (χ4v) is 3.60. The molecule has 0 amide bonds. The van der Waals surface area contributed by atoms with Gasteiger partial charge in [0.1, 0.15) is 0 Å². The van der Waals surface area contributed by atoms with Crippen molar-refractivity contribution in [2.45, 2.75) is 84.8 Å². The molecular formula is C22H37N2O+. The predicted octanol–water partition coefficient (Wildman–Crippen LogP) is 5.53. The molecule has 0 aliphatic rings. The molecule has 0 N–H and O–H groups in total. The van der Waals surface area contributed by atoms with Gasteiger partial charge in [-0.1, -0.05) is 70.9 Å². The average Bonchev–Trinajstić information content (AvgIpc) is 2.90. The van der Waals surface area contributed by atoms with Crippen LogP contribution in [-0.4, -0.2) is 11.2 Å².